The maximum atomic E-state index is 5.98. The lowest BCUT2D eigenvalue weighted by atomic mass is 10.1. The predicted octanol–water partition coefficient (Wildman–Crippen LogP) is 1.63. The van der Waals surface area contributed by atoms with Crippen LogP contribution in [0.1, 0.15) is 39.0 Å². The highest BCUT2D eigenvalue weighted by molar-refractivity contribution is 4.87. The van der Waals surface area contributed by atoms with Gasteiger partial charge in [0, 0.05) is 25.2 Å². The summed E-state index contributed by atoms with van der Waals surface area (Å²) in [5, 5.41) is 3.73. The van der Waals surface area contributed by atoms with Gasteiger partial charge in [-0.25, -0.2) is 0 Å². The summed E-state index contributed by atoms with van der Waals surface area (Å²) in [4.78, 5) is 2.63. The normalized spacial score (nSPS) is 42.9. The Kier molecular flexibility index (Phi) is 3.69. The molecule has 3 nitrogen and oxygen atoms in total. The Morgan fingerprint density at radius 2 is 2.18 bits per heavy atom. The zero-order chi connectivity index (χ0) is 11.7. The van der Waals surface area contributed by atoms with E-state index in [-0.39, 0.29) is 0 Å². The highest BCUT2D eigenvalue weighted by Gasteiger charge is 2.32. The molecule has 0 aromatic rings. The fraction of sp³-hybridized carbons (Fsp3) is 1.00. The van der Waals surface area contributed by atoms with E-state index >= 15 is 0 Å². The first-order chi connectivity index (χ1) is 8.33. The third-order valence-electron chi connectivity index (χ3n) is 4.93. The molecule has 4 atom stereocenters. The first kappa shape index (κ1) is 11.9. The van der Waals surface area contributed by atoms with E-state index in [9.17, 15) is 0 Å². The molecule has 3 rings (SSSR count). The second kappa shape index (κ2) is 5.25. The number of hydrogen-bond donors (Lipinski definition) is 1. The van der Waals surface area contributed by atoms with Crippen molar-refractivity contribution in [2.24, 2.45) is 5.92 Å². The molecule has 2 saturated heterocycles. The van der Waals surface area contributed by atoms with Gasteiger partial charge in [-0.15, -0.1) is 0 Å². The third kappa shape index (κ3) is 2.67. The van der Waals surface area contributed by atoms with E-state index in [2.05, 4.69) is 17.1 Å². The molecule has 17 heavy (non-hydrogen) atoms. The van der Waals surface area contributed by atoms with Crippen LogP contribution in [0, 0.1) is 5.92 Å². The van der Waals surface area contributed by atoms with Crippen molar-refractivity contribution in [2.75, 3.05) is 26.2 Å². The third-order valence-corrected chi connectivity index (χ3v) is 4.93. The second-order valence-corrected chi connectivity index (χ2v) is 6.17. The molecule has 0 aromatic heterocycles. The minimum Gasteiger partial charge on any atom is -0.374 e. The van der Waals surface area contributed by atoms with Crippen molar-refractivity contribution in [3.05, 3.63) is 0 Å². The van der Waals surface area contributed by atoms with Crippen molar-refractivity contribution >= 4 is 0 Å². The fourth-order valence-corrected chi connectivity index (χ4v) is 3.74. The van der Waals surface area contributed by atoms with E-state index in [4.69, 9.17) is 4.74 Å². The molecular weight excluding hydrogens is 212 g/mol. The van der Waals surface area contributed by atoms with E-state index in [1.807, 2.05) is 0 Å². The number of morpholine rings is 1. The van der Waals surface area contributed by atoms with Gasteiger partial charge in [-0.05, 0) is 38.1 Å². The van der Waals surface area contributed by atoms with Crippen LogP contribution in [0.2, 0.25) is 0 Å². The molecule has 1 N–H and O–H groups in total. The number of ether oxygens (including phenoxy) is 1. The summed E-state index contributed by atoms with van der Waals surface area (Å²) in [6.07, 6.45) is 7.31. The molecule has 3 heteroatoms. The fourth-order valence-electron chi connectivity index (χ4n) is 3.74. The largest absolute Gasteiger partial charge is 0.374 e. The Labute approximate surface area is 105 Å². The van der Waals surface area contributed by atoms with Crippen molar-refractivity contribution in [3.63, 3.8) is 0 Å². The standard InChI is InChI=1S/C14H26N2O/c1-11-4-2-6-14(11)15-8-13-9-16-7-3-5-12(16)10-17-13/h11-15H,2-10H2,1H3. The molecule has 0 spiro atoms. The maximum Gasteiger partial charge on any atom is 0.0827 e. The van der Waals surface area contributed by atoms with Gasteiger partial charge in [-0.1, -0.05) is 13.3 Å². The van der Waals surface area contributed by atoms with Crippen molar-refractivity contribution < 1.29 is 4.74 Å². The van der Waals surface area contributed by atoms with Crippen LogP contribution >= 0.6 is 0 Å². The zero-order valence-electron chi connectivity index (χ0n) is 11.0. The van der Waals surface area contributed by atoms with Crippen LogP contribution in [-0.2, 0) is 4.74 Å². The summed E-state index contributed by atoms with van der Waals surface area (Å²) >= 11 is 0. The van der Waals surface area contributed by atoms with Crippen LogP contribution in [0.25, 0.3) is 0 Å². The van der Waals surface area contributed by atoms with E-state index in [1.165, 1.54) is 38.6 Å². The summed E-state index contributed by atoms with van der Waals surface area (Å²) < 4.78 is 5.98. The second-order valence-electron chi connectivity index (χ2n) is 6.17. The van der Waals surface area contributed by atoms with Gasteiger partial charge >= 0.3 is 0 Å². The molecular formula is C14H26N2O. The molecule has 98 valence electrons. The van der Waals surface area contributed by atoms with Crippen LogP contribution in [0.3, 0.4) is 0 Å². The number of nitrogens with zero attached hydrogens (tertiary/aromatic N) is 1. The Bertz CT molecular complexity index is 259. The number of nitrogens with one attached hydrogen (secondary N) is 1. The summed E-state index contributed by atoms with van der Waals surface area (Å²) in [7, 11) is 0. The van der Waals surface area contributed by atoms with Crippen molar-refractivity contribution in [2.45, 2.75) is 57.2 Å². The van der Waals surface area contributed by atoms with Gasteiger partial charge in [0.05, 0.1) is 12.7 Å². The highest BCUT2D eigenvalue weighted by atomic mass is 16.5. The van der Waals surface area contributed by atoms with E-state index < -0.39 is 0 Å². The zero-order valence-corrected chi connectivity index (χ0v) is 11.0. The van der Waals surface area contributed by atoms with Crippen molar-refractivity contribution in [3.8, 4) is 0 Å². The quantitative estimate of drug-likeness (QED) is 0.809. The molecule has 1 saturated carbocycles. The monoisotopic (exact) mass is 238 g/mol. The van der Waals surface area contributed by atoms with Crippen LogP contribution < -0.4 is 5.32 Å². The lowest BCUT2D eigenvalue weighted by Crippen LogP contribution is -2.50. The highest BCUT2D eigenvalue weighted by Crippen LogP contribution is 2.26. The number of rotatable bonds is 3. The Morgan fingerprint density at radius 1 is 1.24 bits per heavy atom. The van der Waals surface area contributed by atoms with Gasteiger partial charge in [0.1, 0.15) is 0 Å². The lowest BCUT2D eigenvalue weighted by Gasteiger charge is -2.36. The molecule has 1 aliphatic carbocycles. The first-order valence-electron chi connectivity index (χ1n) is 7.42. The molecule has 2 aliphatic heterocycles. The van der Waals surface area contributed by atoms with Crippen molar-refractivity contribution in [1.29, 1.82) is 0 Å². The maximum absolute atomic E-state index is 5.98. The smallest absolute Gasteiger partial charge is 0.0827 e. The molecule has 0 bridgehead atoms. The average Bonchev–Trinajstić information content (AvgIpc) is 2.94. The Hall–Kier alpha value is -0.120. The molecule has 2 heterocycles. The molecule has 4 unspecified atom stereocenters. The van der Waals surface area contributed by atoms with Gasteiger partial charge in [0.25, 0.3) is 0 Å². The molecule has 0 radical (unpaired) electrons. The van der Waals surface area contributed by atoms with E-state index in [1.54, 1.807) is 0 Å². The van der Waals surface area contributed by atoms with Gasteiger partial charge in [0.2, 0.25) is 0 Å². The molecule has 3 aliphatic rings. The van der Waals surface area contributed by atoms with Crippen molar-refractivity contribution in [1.82, 2.24) is 10.2 Å². The molecule has 3 fully saturated rings. The van der Waals surface area contributed by atoms with Gasteiger partial charge in [-0.2, -0.15) is 0 Å². The van der Waals surface area contributed by atoms with Crippen LogP contribution in [0.5, 0.6) is 0 Å². The van der Waals surface area contributed by atoms with Gasteiger partial charge in [-0.3, -0.25) is 4.90 Å². The minimum absolute atomic E-state index is 0.428. The Morgan fingerprint density at radius 3 is 3.00 bits per heavy atom. The molecule has 0 amide bonds. The minimum atomic E-state index is 0.428. The number of hydrogen-bond acceptors (Lipinski definition) is 3. The summed E-state index contributed by atoms with van der Waals surface area (Å²) in [5.41, 5.74) is 0. The van der Waals surface area contributed by atoms with E-state index in [0.717, 1.165) is 37.7 Å². The molecule has 0 aromatic carbocycles. The Balaban J connectivity index is 1.43. The lowest BCUT2D eigenvalue weighted by molar-refractivity contribution is -0.0481. The summed E-state index contributed by atoms with van der Waals surface area (Å²) in [5.74, 6) is 0.859. The van der Waals surface area contributed by atoms with Crippen LogP contribution in [0.4, 0.5) is 0 Å². The van der Waals surface area contributed by atoms with Gasteiger partial charge in [0.15, 0.2) is 0 Å². The topological polar surface area (TPSA) is 24.5 Å². The average molecular weight is 238 g/mol. The van der Waals surface area contributed by atoms with Gasteiger partial charge < -0.3 is 10.1 Å². The number of fused-ring (bicyclic) bond motifs is 1. The summed E-state index contributed by atoms with van der Waals surface area (Å²) in [6, 6.07) is 1.48. The van der Waals surface area contributed by atoms with Crippen LogP contribution in [0.15, 0.2) is 0 Å². The summed E-state index contributed by atoms with van der Waals surface area (Å²) in [6.45, 7) is 6.84. The SMILES string of the molecule is CC1CCCC1NCC1CN2CCCC2CO1. The predicted molar refractivity (Wildman–Crippen MR) is 69.1 cm³/mol. The first-order valence-corrected chi connectivity index (χ1v) is 7.42. The van der Waals surface area contributed by atoms with Crippen LogP contribution in [-0.4, -0.2) is 49.3 Å². The van der Waals surface area contributed by atoms with E-state index in [0.29, 0.717) is 6.10 Å².